The second-order valence-corrected chi connectivity index (χ2v) is 9.08. The Morgan fingerprint density at radius 2 is 2.06 bits per heavy atom. The van der Waals surface area contributed by atoms with Gasteiger partial charge in [0.15, 0.2) is 5.75 Å². The van der Waals surface area contributed by atoms with Crippen molar-refractivity contribution in [1.29, 1.82) is 0 Å². The van der Waals surface area contributed by atoms with Crippen molar-refractivity contribution in [2.24, 2.45) is 0 Å². The summed E-state index contributed by atoms with van der Waals surface area (Å²) in [6.45, 7) is 8.66. The number of aryl methyl sites for hydroxylation is 2. The van der Waals surface area contributed by atoms with Gasteiger partial charge in [0.25, 0.3) is 0 Å². The molecule has 2 aromatic heterocycles. The summed E-state index contributed by atoms with van der Waals surface area (Å²) in [5.41, 5.74) is 3.80. The first-order chi connectivity index (χ1) is 15.4. The molecule has 2 N–H and O–H groups in total. The van der Waals surface area contributed by atoms with Crippen LogP contribution in [0.2, 0.25) is 0 Å². The Morgan fingerprint density at radius 1 is 1.25 bits per heavy atom. The number of carbonyl (C=O) groups excluding carboxylic acids is 1. The topological polar surface area (TPSA) is 105 Å². The molecule has 9 nitrogen and oxygen atoms in total. The molecule has 0 aliphatic carbocycles. The number of carbonyl (C=O) groups is 1. The highest BCUT2D eigenvalue weighted by molar-refractivity contribution is 5.92. The second kappa shape index (κ2) is 7.72. The lowest BCUT2D eigenvalue weighted by atomic mass is 9.94. The van der Waals surface area contributed by atoms with E-state index in [2.05, 4.69) is 15.5 Å². The zero-order chi connectivity index (χ0) is 22.6. The summed E-state index contributed by atoms with van der Waals surface area (Å²) in [5, 5.41) is 7.08. The lowest BCUT2D eigenvalue weighted by Gasteiger charge is -2.42. The Kier molecular flexibility index (Phi) is 4.98. The average Bonchev–Trinajstić information content (AvgIpc) is 3.28. The number of aromatic nitrogens is 3. The van der Waals surface area contributed by atoms with Crippen LogP contribution in [-0.4, -0.2) is 50.9 Å². The maximum Gasteiger partial charge on any atom is 0.327 e. The molecule has 0 spiro atoms. The van der Waals surface area contributed by atoms with Crippen molar-refractivity contribution in [3.8, 4) is 16.9 Å². The van der Waals surface area contributed by atoms with Crippen LogP contribution in [0.3, 0.4) is 0 Å². The summed E-state index contributed by atoms with van der Waals surface area (Å²) < 4.78 is 13.5. The number of hydrogen-bond donors (Lipinski definition) is 2. The number of benzene rings is 1. The molecule has 0 saturated carbocycles. The molecular weight excluding hydrogens is 410 g/mol. The predicted molar refractivity (Wildman–Crippen MR) is 120 cm³/mol. The third-order valence-electron chi connectivity index (χ3n) is 6.53. The maximum atomic E-state index is 13.1. The Morgan fingerprint density at radius 3 is 2.78 bits per heavy atom. The normalized spacial score (nSPS) is 20.6. The van der Waals surface area contributed by atoms with Crippen molar-refractivity contribution in [2.75, 3.05) is 13.2 Å². The Bertz CT molecular complexity index is 1220. The van der Waals surface area contributed by atoms with Crippen LogP contribution in [-0.2, 0) is 0 Å². The van der Waals surface area contributed by atoms with Gasteiger partial charge < -0.3 is 24.5 Å². The van der Waals surface area contributed by atoms with Gasteiger partial charge in [0.1, 0.15) is 17.9 Å². The highest BCUT2D eigenvalue weighted by Gasteiger charge is 2.39. The first-order valence-corrected chi connectivity index (χ1v) is 11.3. The molecule has 2 aliphatic rings. The predicted octanol–water partition coefficient (Wildman–Crippen LogP) is 3.51. The lowest BCUT2D eigenvalue weighted by molar-refractivity contribution is 0.0915. The Balaban J connectivity index is 1.62. The molecule has 1 fully saturated rings. The molecule has 170 valence electrons. The summed E-state index contributed by atoms with van der Waals surface area (Å²) in [5.74, 6) is 1.36. The molecule has 2 atom stereocenters. The van der Waals surface area contributed by atoms with E-state index in [4.69, 9.17) is 9.26 Å². The number of piperidine rings is 1. The van der Waals surface area contributed by atoms with Gasteiger partial charge in [-0.05, 0) is 59.1 Å². The van der Waals surface area contributed by atoms with Crippen molar-refractivity contribution in [3.63, 3.8) is 0 Å². The summed E-state index contributed by atoms with van der Waals surface area (Å²) in [4.78, 5) is 30.9. The first kappa shape index (κ1) is 20.7. The van der Waals surface area contributed by atoms with Crippen LogP contribution in [0.5, 0.6) is 5.75 Å². The van der Waals surface area contributed by atoms with Gasteiger partial charge in [-0.3, -0.25) is 4.57 Å². The minimum Gasteiger partial charge on any atom is -0.488 e. The largest absolute Gasteiger partial charge is 0.488 e. The summed E-state index contributed by atoms with van der Waals surface area (Å²) in [6, 6.07) is 3.42. The number of rotatable bonds is 3. The average molecular weight is 440 g/mol. The van der Waals surface area contributed by atoms with E-state index < -0.39 is 0 Å². The number of hydrogen-bond acceptors (Lipinski definition) is 5. The quantitative estimate of drug-likeness (QED) is 0.650. The molecular formula is C23H29N5O4. The second-order valence-electron chi connectivity index (χ2n) is 9.08. The van der Waals surface area contributed by atoms with Crippen LogP contribution in [0.15, 0.2) is 21.5 Å². The summed E-state index contributed by atoms with van der Waals surface area (Å²) in [6.07, 6.45) is 2.80. The first-order valence-electron chi connectivity index (χ1n) is 11.3. The van der Waals surface area contributed by atoms with Gasteiger partial charge in [-0.2, -0.15) is 0 Å². The molecule has 1 aromatic carbocycles. The van der Waals surface area contributed by atoms with Crippen molar-refractivity contribution < 1.29 is 14.1 Å². The molecule has 5 rings (SSSR count). The van der Waals surface area contributed by atoms with Crippen LogP contribution in [0, 0.1) is 13.8 Å². The minimum absolute atomic E-state index is 0.0488. The molecule has 4 heterocycles. The molecule has 32 heavy (non-hydrogen) atoms. The molecule has 1 saturated heterocycles. The van der Waals surface area contributed by atoms with Crippen molar-refractivity contribution >= 4 is 17.1 Å². The van der Waals surface area contributed by atoms with Gasteiger partial charge in [-0.15, -0.1) is 0 Å². The van der Waals surface area contributed by atoms with Gasteiger partial charge in [-0.1, -0.05) is 5.16 Å². The molecule has 2 unspecified atom stereocenters. The molecule has 3 aromatic rings. The van der Waals surface area contributed by atoms with Crippen molar-refractivity contribution in [1.82, 2.24) is 24.9 Å². The standard InChI is InChI=1S/C23H29N5O4/c1-12(2)24-22(29)27-10-6-5-7-17(27)18-11-31-21-15(19-13(3)26-32-14(19)4)8-9-16-20(21)28(18)23(30)25-16/h8-9,12,17-18H,5-7,10-11H2,1-4H3,(H,24,29)(H,25,30). The number of aromatic amines is 1. The molecule has 2 amide bonds. The van der Waals surface area contributed by atoms with Gasteiger partial charge >= 0.3 is 11.7 Å². The minimum atomic E-state index is -0.262. The van der Waals surface area contributed by atoms with E-state index in [1.165, 1.54) is 0 Å². The van der Waals surface area contributed by atoms with E-state index in [1.807, 2.05) is 44.7 Å². The zero-order valence-corrected chi connectivity index (χ0v) is 18.9. The van der Waals surface area contributed by atoms with Crippen molar-refractivity contribution in [3.05, 3.63) is 34.1 Å². The smallest absolute Gasteiger partial charge is 0.327 e. The Labute approximate surface area is 185 Å². The monoisotopic (exact) mass is 439 g/mol. The van der Waals surface area contributed by atoms with Crippen LogP contribution in [0.25, 0.3) is 22.2 Å². The van der Waals surface area contributed by atoms with Crippen LogP contribution >= 0.6 is 0 Å². The number of urea groups is 1. The molecule has 9 heteroatoms. The third kappa shape index (κ3) is 3.18. The fourth-order valence-corrected chi connectivity index (χ4v) is 5.18. The van der Waals surface area contributed by atoms with Gasteiger partial charge in [-0.25, -0.2) is 9.59 Å². The fraction of sp³-hybridized carbons (Fsp3) is 0.522. The lowest BCUT2D eigenvalue weighted by Crippen LogP contribution is -2.55. The maximum absolute atomic E-state index is 13.1. The number of nitrogens with one attached hydrogen (secondary N) is 2. The Hall–Kier alpha value is -3.23. The van der Waals surface area contributed by atoms with Crippen LogP contribution in [0.1, 0.15) is 50.6 Å². The zero-order valence-electron chi connectivity index (χ0n) is 18.9. The van der Waals surface area contributed by atoms with Crippen LogP contribution in [0.4, 0.5) is 4.79 Å². The third-order valence-corrected chi connectivity index (χ3v) is 6.53. The van der Waals surface area contributed by atoms with Gasteiger partial charge in [0.2, 0.25) is 0 Å². The number of ether oxygens (including phenoxy) is 1. The van der Waals surface area contributed by atoms with E-state index in [9.17, 15) is 9.59 Å². The van der Waals surface area contributed by atoms with Gasteiger partial charge in [0, 0.05) is 18.2 Å². The molecule has 0 radical (unpaired) electrons. The fourth-order valence-electron chi connectivity index (χ4n) is 5.18. The van der Waals surface area contributed by atoms with E-state index in [-0.39, 0.29) is 29.8 Å². The summed E-state index contributed by atoms with van der Waals surface area (Å²) >= 11 is 0. The van der Waals surface area contributed by atoms with E-state index in [0.29, 0.717) is 24.7 Å². The van der Waals surface area contributed by atoms with E-state index in [1.54, 1.807) is 4.57 Å². The van der Waals surface area contributed by atoms with Crippen molar-refractivity contribution in [2.45, 2.75) is 65.1 Å². The highest BCUT2D eigenvalue weighted by Crippen LogP contribution is 2.43. The number of H-pyrrole nitrogens is 1. The molecule has 2 aliphatic heterocycles. The van der Waals surface area contributed by atoms with Gasteiger partial charge in [0.05, 0.1) is 28.9 Å². The van der Waals surface area contributed by atoms with Crippen LogP contribution < -0.4 is 15.7 Å². The number of imidazole rings is 1. The van der Waals surface area contributed by atoms with E-state index >= 15 is 0 Å². The highest BCUT2D eigenvalue weighted by atomic mass is 16.5. The molecule has 0 bridgehead atoms. The number of nitrogens with zero attached hydrogens (tertiary/aromatic N) is 3. The van der Waals surface area contributed by atoms with E-state index in [0.717, 1.165) is 47.1 Å². The number of amides is 2. The number of likely N-dealkylation sites (tertiary alicyclic amines) is 1. The summed E-state index contributed by atoms with van der Waals surface area (Å²) in [7, 11) is 0. The SMILES string of the molecule is Cc1noc(C)c1-c1ccc2[nH]c(=O)n3c2c1OCC3C1CCCCN1C(=O)NC(C)C.